The fourth-order valence-corrected chi connectivity index (χ4v) is 1.14. The summed E-state index contributed by atoms with van der Waals surface area (Å²) in [5.41, 5.74) is -0.113. The maximum absolute atomic E-state index is 11.6. The van der Waals surface area contributed by atoms with E-state index in [1.54, 1.807) is 0 Å². The number of ketones is 1. The normalized spacial score (nSPS) is 12.9. The van der Waals surface area contributed by atoms with Gasteiger partial charge in [-0.1, -0.05) is 20.8 Å². The van der Waals surface area contributed by atoms with Crippen LogP contribution < -0.4 is 5.32 Å². The summed E-state index contributed by atoms with van der Waals surface area (Å²) >= 11 is 0. The lowest BCUT2D eigenvalue weighted by Crippen LogP contribution is -2.38. The first-order valence-electron chi connectivity index (χ1n) is 5.99. The van der Waals surface area contributed by atoms with Crippen LogP contribution in [-0.2, 0) is 9.53 Å². The maximum Gasteiger partial charge on any atom is 0.140 e. The topological polar surface area (TPSA) is 38.3 Å². The Morgan fingerprint density at radius 3 is 2.06 bits per heavy atom. The SMILES string of the molecule is CC(C)(C)NCCOCCC(=O)C(C)(C)C. The molecule has 1 N–H and O–H groups in total. The Balaban J connectivity index is 3.45. The van der Waals surface area contributed by atoms with Crippen molar-refractivity contribution in [2.24, 2.45) is 5.41 Å². The van der Waals surface area contributed by atoms with Gasteiger partial charge in [0, 0.05) is 23.9 Å². The van der Waals surface area contributed by atoms with Crippen molar-refractivity contribution in [3.8, 4) is 0 Å². The number of rotatable bonds is 6. The van der Waals surface area contributed by atoms with E-state index in [0.717, 1.165) is 6.54 Å². The number of ether oxygens (including phenoxy) is 1. The largest absolute Gasteiger partial charge is 0.380 e. The number of hydrogen-bond donors (Lipinski definition) is 1. The van der Waals surface area contributed by atoms with E-state index >= 15 is 0 Å². The molecule has 0 saturated carbocycles. The molecule has 3 heteroatoms. The molecular formula is C13H27NO2. The fraction of sp³-hybridized carbons (Fsp3) is 0.923. The second-order valence-corrected chi connectivity index (χ2v) is 6.21. The van der Waals surface area contributed by atoms with E-state index in [1.165, 1.54) is 0 Å². The van der Waals surface area contributed by atoms with Gasteiger partial charge in [0.25, 0.3) is 0 Å². The van der Waals surface area contributed by atoms with E-state index in [9.17, 15) is 4.79 Å². The summed E-state index contributed by atoms with van der Waals surface area (Å²) in [6.07, 6.45) is 0.513. The molecule has 0 atom stereocenters. The van der Waals surface area contributed by atoms with Gasteiger partial charge in [0.05, 0.1) is 13.2 Å². The van der Waals surface area contributed by atoms with Crippen molar-refractivity contribution in [2.75, 3.05) is 19.8 Å². The van der Waals surface area contributed by atoms with Crippen LogP contribution in [0.25, 0.3) is 0 Å². The molecule has 0 spiro atoms. The standard InChI is InChI=1S/C13H27NO2/c1-12(2,3)11(15)7-9-16-10-8-14-13(4,5)6/h14H,7-10H2,1-6H3. The van der Waals surface area contributed by atoms with Gasteiger partial charge >= 0.3 is 0 Å². The lowest BCUT2D eigenvalue weighted by atomic mass is 9.89. The van der Waals surface area contributed by atoms with Crippen LogP contribution in [0.2, 0.25) is 0 Å². The lowest BCUT2D eigenvalue weighted by Gasteiger charge is -2.20. The van der Waals surface area contributed by atoms with E-state index in [2.05, 4.69) is 26.1 Å². The molecule has 0 saturated heterocycles. The number of hydrogen-bond acceptors (Lipinski definition) is 3. The quantitative estimate of drug-likeness (QED) is 0.711. The molecule has 0 aliphatic rings. The summed E-state index contributed by atoms with van der Waals surface area (Å²) in [5.74, 6) is 0.260. The molecule has 0 amide bonds. The average molecular weight is 229 g/mol. The molecule has 0 aliphatic heterocycles. The molecule has 0 unspecified atom stereocenters. The van der Waals surface area contributed by atoms with Crippen LogP contribution in [0.4, 0.5) is 0 Å². The highest BCUT2D eigenvalue weighted by atomic mass is 16.5. The Labute approximate surface area is 99.9 Å². The highest BCUT2D eigenvalue weighted by molar-refractivity contribution is 5.83. The average Bonchev–Trinajstić information content (AvgIpc) is 2.07. The van der Waals surface area contributed by atoms with Crippen LogP contribution in [0.3, 0.4) is 0 Å². The van der Waals surface area contributed by atoms with Gasteiger partial charge in [-0.15, -0.1) is 0 Å². The second-order valence-electron chi connectivity index (χ2n) is 6.21. The number of nitrogens with one attached hydrogen (secondary N) is 1. The Kier molecular flexibility index (Phi) is 6.19. The zero-order valence-electron chi connectivity index (χ0n) is 11.6. The van der Waals surface area contributed by atoms with E-state index in [1.807, 2.05) is 20.8 Å². The fourth-order valence-electron chi connectivity index (χ4n) is 1.14. The zero-order chi connectivity index (χ0) is 12.8. The third kappa shape index (κ3) is 8.86. The molecule has 0 rings (SSSR count). The molecule has 0 aromatic rings. The van der Waals surface area contributed by atoms with Crippen molar-refractivity contribution < 1.29 is 9.53 Å². The Morgan fingerprint density at radius 2 is 1.62 bits per heavy atom. The molecule has 0 bridgehead atoms. The first-order chi connectivity index (χ1) is 7.13. The van der Waals surface area contributed by atoms with Crippen molar-refractivity contribution in [2.45, 2.75) is 53.5 Å². The van der Waals surface area contributed by atoms with Gasteiger partial charge in [0.1, 0.15) is 5.78 Å². The van der Waals surface area contributed by atoms with E-state index < -0.39 is 0 Å². The van der Waals surface area contributed by atoms with Gasteiger partial charge in [0.2, 0.25) is 0 Å². The second kappa shape index (κ2) is 6.36. The molecule has 96 valence electrons. The van der Waals surface area contributed by atoms with Crippen molar-refractivity contribution in [1.82, 2.24) is 5.32 Å². The zero-order valence-corrected chi connectivity index (χ0v) is 11.6. The minimum absolute atomic E-state index is 0.130. The first kappa shape index (κ1) is 15.6. The minimum Gasteiger partial charge on any atom is -0.380 e. The van der Waals surface area contributed by atoms with Crippen LogP contribution in [0.15, 0.2) is 0 Å². The highest BCUT2D eigenvalue weighted by Gasteiger charge is 2.20. The van der Waals surface area contributed by atoms with Gasteiger partial charge in [-0.25, -0.2) is 0 Å². The van der Waals surface area contributed by atoms with Crippen molar-refractivity contribution >= 4 is 5.78 Å². The van der Waals surface area contributed by atoms with Crippen LogP contribution >= 0.6 is 0 Å². The summed E-state index contributed by atoms with van der Waals surface area (Å²) in [6.45, 7) is 14.2. The third-order valence-electron chi connectivity index (χ3n) is 2.21. The molecule has 0 heterocycles. The van der Waals surface area contributed by atoms with Gasteiger partial charge in [-0.3, -0.25) is 4.79 Å². The van der Waals surface area contributed by atoms with E-state index in [-0.39, 0.29) is 16.7 Å². The monoisotopic (exact) mass is 229 g/mol. The summed E-state index contributed by atoms with van der Waals surface area (Å²) in [7, 11) is 0. The minimum atomic E-state index is -0.243. The van der Waals surface area contributed by atoms with Gasteiger partial charge in [-0.05, 0) is 20.8 Å². The summed E-state index contributed by atoms with van der Waals surface area (Å²) < 4.78 is 5.41. The number of carbonyl (C=O) groups excluding carboxylic acids is 1. The number of Topliss-reactive ketones (excluding diaryl/α,β-unsaturated/α-hetero) is 1. The Bertz CT molecular complexity index is 211. The molecule has 0 aliphatic carbocycles. The molecule has 0 radical (unpaired) electrons. The van der Waals surface area contributed by atoms with Crippen LogP contribution in [0.1, 0.15) is 48.0 Å². The van der Waals surface area contributed by atoms with E-state index in [0.29, 0.717) is 19.6 Å². The van der Waals surface area contributed by atoms with Gasteiger partial charge < -0.3 is 10.1 Å². The molecule has 16 heavy (non-hydrogen) atoms. The first-order valence-corrected chi connectivity index (χ1v) is 5.99. The Hall–Kier alpha value is -0.410. The van der Waals surface area contributed by atoms with Crippen LogP contribution in [0.5, 0.6) is 0 Å². The number of carbonyl (C=O) groups is 1. The smallest absolute Gasteiger partial charge is 0.140 e. The maximum atomic E-state index is 11.6. The van der Waals surface area contributed by atoms with Gasteiger partial charge in [-0.2, -0.15) is 0 Å². The van der Waals surface area contributed by atoms with Crippen molar-refractivity contribution in [3.05, 3.63) is 0 Å². The Morgan fingerprint density at radius 1 is 1.06 bits per heavy atom. The summed E-state index contributed by atoms with van der Waals surface area (Å²) in [6, 6.07) is 0. The molecule has 0 fully saturated rings. The van der Waals surface area contributed by atoms with Crippen molar-refractivity contribution in [1.29, 1.82) is 0 Å². The van der Waals surface area contributed by atoms with E-state index in [4.69, 9.17) is 4.74 Å². The molecule has 0 aromatic carbocycles. The molecule has 3 nitrogen and oxygen atoms in total. The van der Waals surface area contributed by atoms with Crippen LogP contribution in [0, 0.1) is 5.41 Å². The predicted octanol–water partition coefficient (Wildman–Crippen LogP) is 2.40. The van der Waals surface area contributed by atoms with Gasteiger partial charge in [0.15, 0.2) is 0 Å². The van der Waals surface area contributed by atoms with Crippen LogP contribution in [-0.4, -0.2) is 31.1 Å². The predicted molar refractivity (Wildman–Crippen MR) is 67.7 cm³/mol. The van der Waals surface area contributed by atoms with Crippen molar-refractivity contribution in [3.63, 3.8) is 0 Å². The molecular weight excluding hydrogens is 202 g/mol. The summed E-state index contributed by atoms with van der Waals surface area (Å²) in [5, 5.41) is 3.33. The molecule has 0 aromatic heterocycles. The third-order valence-corrected chi connectivity index (χ3v) is 2.21. The lowest BCUT2D eigenvalue weighted by molar-refractivity contribution is -0.127. The highest BCUT2D eigenvalue weighted by Crippen LogP contribution is 2.16. The summed E-state index contributed by atoms with van der Waals surface area (Å²) in [4.78, 5) is 11.6.